The molecule has 1 aliphatic rings. The number of benzene rings is 3. The summed E-state index contributed by atoms with van der Waals surface area (Å²) in [5, 5.41) is 18.1. The maximum absolute atomic E-state index is 15.5. The average molecular weight is 504 g/mol. The van der Waals surface area contributed by atoms with Crippen LogP contribution in [-0.4, -0.2) is 55.0 Å². The first-order valence-electron chi connectivity index (χ1n) is 11.9. The summed E-state index contributed by atoms with van der Waals surface area (Å²) in [5.41, 5.74) is 3.05. The van der Waals surface area contributed by atoms with Crippen molar-refractivity contribution in [1.82, 2.24) is 25.0 Å². The van der Waals surface area contributed by atoms with Gasteiger partial charge in [-0.15, -0.1) is 5.10 Å². The molecule has 3 aromatic carbocycles. The molecule has 3 heterocycles. The fourth-order valence-electron chi connectivity index (χ4n) is 4.62. The van der Waals surface area contributed by atoms with E-state index in [1.54, 1.807) is 29.2 Å². The second kappa shape index (κ2) is 9.38. The molecule has 0 bridgehead atoms. The molecule has 5 aromatic rings. The Kier molecular flexibility index (Phi) is 5.90. The summed E-state index contributed by atoms with van der Waals surface area (Å²) in [6, 6.07) is 15.9. The van der Waals surface area contributed by atoms with Crippen molar-refractivity contribution in [2.75, 3.05) is 6.61 Å². The van der Waals surface area contributed by atoms with Crippen molar-refractivity contribution in [2.24, 2.45) is 0 Å². The Bertz CT molecular complexity index is 1540. The highest BCUT2D eigenvalue weighted by molar-refractivity contribution is 5.84. The number of fused-ring (bicyclic) bond motifs is 1. The number of hydrogen-bond acceptors (Lipinski definition) is 6. The molecule has 1 aliphatic heterocycles. The molecule has 0 amide bonds. The predicted octanol–water partition coefficient (Wildman–Crippen LogP) is 4.67. The number of nitrogens with one attached hydrogen (secondary N) is 1. The zero-order valence-corrected chi connectivity index (χ0v) is 19.8. The Balaban J connectivity index is 1.26. The predicted molar refractivity (Wildman–Crippen MR) is 132 cm³/mol. The van der Waals surface area contributed by atoms with E-state index in [0.717, 1.165) is 16.8 Å². The van der Waals surface area contributed by atoms with Gasteiger partial charge in [-0.1, -0.05) is 48.5 Å². The Labute approximate surface area is 210 Å². The molecule has 2 aromatic heterocycles. The largest absolute Gasteiger partial charge is 0.456 e. The summed E-state index contributed by atoms with van der Waals surface area (Å²) in [7, 11) is 0. The SMILES string of the molecule is CC[C@H]1OC[C@@H](Oc2nc3c(F)c(-c4ccc(-c5ccc(-n6ccnn6)cc5)cc4)c(F)cc3[nH]2)[C@@H]1O. The van der Waals surface area contributed by atoms with Crippen molar-refractivity contribution in [1.29, 1.82) is 0 Å². The highest BCUT2D eigenvalue weighted by Crippen LogP contribution is 2.34. The van der Waals surface area contributed by atoms with Crippen LogP contribution in [0, 0.1) is 11.6 Å². The van der Waals surface area contributed by atoms with Gasteiger partial charge in [0, 0.05) is 6.07 Å². The van der Waals surface area contributed by atoms with E-state index in [4.69, 9.17) is 9.47 Å². The van der Waals surface area contributed by atoms with Gasteiger partial charge in [-0.3, -0.25) is 0 Å². The van der Waals surface area contributed by atoms with Crippen LogP contribution in [0.4, 0.5) is 8.78 Å². The molecule has 8 nitrogen and oxygen atoms in total. The van der Waals surface area contributed by atoms with Crippen molar-refractivity contribution in [2.45, 2.75) is 31.7 Å². The van der Waals surface area contributed by atoms with Gasteiger partial charge in [0.1, 0.15) is 17.4 Å². The molecule has 1 fully saturated rings. The highest BCUT2D eigenvalue weighted by atomic mass is 19.1. The second-order valence-electron chi connectivity index (χ2n) is 8.88. The molecule has 37 heavy (non-hydrogen) atoms. The van der Waals surface area contributed by atoms with E-state index in [0.29, 0.717) is 12.0 Å². The molecule has 3 atom stereocenters. The number of aromatic nitrogens is 5. The van der Waals surface area contributed by atoms with Crippen LogP contribution in [-0.2, 0) is 4.74 Å². The number of nitrogens with zero attached hydrogens (tertiary/aromatic N) is 4. The van der Waals surface area contributed by atoms with E-state index in [-0.39, 0.29) is 35.3 Å². The Morgan fingerprint density at radius 3 is 2.43 bits per heavy atom. The van der Waals surface area contributed by atoms with E-state index < -0.39 is 23.8 Å². The first kappa shape index (κ1) is 23.3. The van der Waals surface area contributed by atoms with Gasteiger partial charge >= 0.3 is 0 Å². The molecule has 188 valence electrons. The summed E-state index contributed by atoms with van der Waals surface area (Å²) in [6.45, 7) is 2.09. The number of H-pyrrole nitrogens is 1. The van der Waals surface area contributed by atoms with Crippen molar-refractivity contribution in [3.63, 3.8) is 0 Å². The minimum absolute atomic E-state index is 0.000425. The van der Waals surface area contributed by atoms with Crippen molar-refractivity contribution in [3.05, 3.63) is 78.6 Å². The second-order valence-corrected chi connectivity index (χ2v) is 8.88. The zero-order valence-electron chi connectivity index (χ0n) is 19.8. The van der Waals surface area contributed by atoms with Gasteiger partial charge in [-0.2, -0.15) is 4.98 Å². The Morgan fingerprint density at radius 1 is 1.08 bits per heavy atom. The Morgan fingerprint density at radius 2 is 1.78 bits per heavy atom. The smallest absolute Gasteiger partial charge is 0.295 e. The third kappa shape index (κ3) is 4.24. The lowest BCUT2D eigenvalue weighted by atomic mass is 9.99. The van der Waals surface area contributed by atoms with Gasteiger partial charge in [0.2, 0.25) is 0 Å². The monoisotopic (exact) mass is 503 g/mol. The number of rotatable bonds is 6. The van der Waals surface area contributed by atoms with Crippen molar-refractivity contribution in [3.8, 4) is 34.0 Å². The van der Waals surface area contributed by atoms with Gasteiger partial charge < -0.3 is 19.6 Å². The minimum atomic E-state index is -0.826. The van der Waals surface area contributed by atoms with Crippen LogP contribution in [0.25, 0.3) is 39.0 Å². The molecule has 1 saturated heterocycles. The number of imidazole rings is 1. The summed E-state index contributed by atoms with van der Waals surface area (Å²) in [6.07, 6.45) is 2.20. The minimum Gasteiger partial charge on any atom is -0.456 e. The first-order valence-corrected chi connectivity index (χ1v) is 11.9. The van der Waals surface area contributed by atoms with Crippen LogP contribution >= 0.6 is 0 Å². The summed E-state index contributed by atoms with van der Waals surface area (Å²) in [5.74, 6) is -1.51. The van der Waals surface area contributed by atoms with E-state index in [2.05, 4.69) is 20.3 Å². The summed E-state index contributed by atoms with van der Waals surface area (Å²) in [4.78, 5) is 6.98. The molecule has 0 aliphatic carbocycles. The normalized spacial score (nSPS) is 19.5. The molecule has 6 rings (SSSR count). The van der Waals surface area contributed by atoms with Gasteiger partial charge in [-0.25, -0.2) is 13.5 Å². The molecule has 2 N–H and O–H groups in total. The zero-order chi connectivity index (χ0) is 25.5. The summed E-state index contributed by atoms with van der Waals surface area (Å²) < 4.78 is 43.4. The lowest BCUT2D eigenvalue weighted by Crippen LogP contribution is -2.34. The number of aliphatic hydroxyl groups excluding tert-OH is 1. The highest BCUT2D eigenvalue weighted by Gasteiger charge is 2.37. The molecule has 10 heteroatoms. The Hall–Kier alpha value is -4.15. The van der Waals surface area contributed by atoms with Gasteiger partial charge in [0.25, 0.3) is 6.01 Å². The third-order valence-corrected chi connectivity index (χ3v) is 6.61. The van der Waals surface area contributed by atoms with Crippen molar-refractivity contribution < 1.29 is 23.4 Å². The first-order chi connectivity index (χ1) is 18.0. The molecular formula is C27H23F2N5O3. The fourth-order valence-corrected chi connectivity index (χ4v) is 4.62. The van der Waals surface area contributed by atoms with Crippen LogP contribution in [0.1, 0.15) is 13.3 Å². The van der Waals surface area contributed by atoms with E-state index in [9.17, 15) is 5.11 Å². The third-order valence-electron chi connectivity index (χ3n) is 6.61. The molecular weight excluding hydrogens is 480 g/mol. The number of aliphatic hydroxyl groups is 1. The molecule has 0 saturated carbocycles. The summed E-state index contributed by atoms with van der Waals surface area (Å²) >= 11 is 0. The molecule has 0 unspecified atom stereocenters. The van der Waals surface area contributed by atoms with E-state index in [1.165, 1.54) is 6.07 Å². The van der Waals surface area contributed by atoms with Crippen LogP contribution < -0.4 is 4.74 Å². The number of aromatic amines is 1. The molecule has 0 radical (unpaired) electrons. The lowest BCUT2D eigenvalue weighted by Gasteiger charge is -2.15. The average Bonchev–Trinajstić information content (AvgIpc) is 3.66. The van der Waals surface area contributed by atoms with Gasteiger partial charge in [-0.05, 0) is 35.2 Å². The van der Waals surface area contributed by atoms with Crippen molar-refractivity contribution >= 4 is 11.0 Å². The fraction of sp³-hybridized carbons (Fsp3) is 0.222. The van der Waals surface area contributed by atoms with Crippen LogP contribution in [0.3, 0.4) is 0 Å². The van der Waals surface area contributed by atoms with Gasteiger partial charge in [0.15, 0.2) is 11.9 Å². The lowest BCUT2D eigenvalue weighted by molar-refractivity contribution is 0.0258. The quantitative estimate of drug-likeness (QED) is 0.349. The maximum atomic E-state index is 15.5. The van der Waals surface area contributed by atoms with Crippen LogP contribution in [0.2, 0.25) is 0 Å². The maximum Gasteiger partial charge on any atom is 0.295 e. The van der Waals surface area contributed by atoms with Crippen LogP contribution in [0.5, 0.6) is 6.01 Å². The number of ether oxygens (including phenoxy) is 2. The van der Waals surface area contributed by atoms with E-state index >= 15 is 8.78 Å². The van der Waals surface area contributed by atoms with Crippen LogP contribution in [0.15, 0.2) is 67.0 Å². The number of hydrogen-bond donors (Lipinski definition) is 2. The standard InChI is InChI=1S/C27H23F2N5O3/c1-2-21-26(35)22(14-36-21)37-27-31-20-13-19(28)23(24(29)25(20)32-27)17-5-3-15(4-6-17)16-7-9-18(10-8-16)34-12-11-30-33-34/h3-13,21-22,26,35H,2,14H2,1H3,(H,31,32)/t21-,22-,26-/m1/s1. The van der Waals surface area contributed by atoms with Gasteiger partial charge in [0.05, 0.1) is 41.9 Å². The van der Waals surface area contributed by atoms with E-state index in [1.807, 2.05) is 43.3 Å². The topological polar surface area (TPSA) is 98.1 Å². The molecule has 0 spiro atoms. The number of halogens is 2.